The van der Waals surface area contributed by atoms with Gasteiger partial charge in [0.2, 0.25) is 0 Å². The Morgan fingerprint density at radius 3 is 2.70 bits per heavy atom. The van der Waals surface area contributed by atoms with Crippen molar-refractivity contribution in [2.45, 2.75) is 0 Å². The van der Waals surface area contributed by atoms with Gasteiger partial charge in [0.25, 0.3) is 5.91 Å². The molecule has 0 fully saturated rings. The fourth-order valence-corrected chi connectivity index (χ4v) is 3.34. The Kier molecular flexibility index (Phi) is 3.99. The van der Waals surface area contributed by atoms with Gasteiger partial charge in [-0.2, -0.15) is 0 Å². The predicted octanol–water partition coefficient (Wildman–Crippen LogP) is 4.33. The van der Waals surface area contributed by atoms with Crippen LogP contribution in [-0.2, 0) is 7.05 Å². The van der Waals surface area contributed by atoms with Gasteiger partial charge in [-0.3, -0.25) is 9.36 Å². The first-order valence-corrected chi connectivity index (χ1v) is 9.06. The molecule has 1 N–H and O–H groups in total. The van der Waals surface area contributed by atoms with Crippen molar-refractivity contribution < 1.29 is 18.1 Å². The van der Waals surface area contributed by atoms with E-state index in [0.717, 1.165) is 0 Å². The maximum atomic E-state index is 13.2. The average Bonchev–Trinajstić information content (AvgIpc) is 3.30. The van der Waals surface area contributed by atoms with Crippen molar-refractivity contribution >= 4 is 33.6 Å². The summed E-state index contributed by atoms with van der Waals surface area (Å²) in [5.74, 6) is -0.816. The van der Waals surface area contributed by atoms with Crippen LogP contribution < -0.4 is 11.1 Å². The summed E-state index contributed by atoms with van der Waals surface area (Å²) in [6.07, 6.45) is 0. The lowest BCUT2D eigenvalue weighted by Crippen LogP contribution is -2.12. The summed E-state index contributed by atoms with van der Waals surface area (Å²) < 4.78 is 25.3. The molecule has 7 nitrogen and oxygen atoms in total. The van der Waals surface area contributed by atoms with E-state index in [-0.39, 0.29) is 11.7 Å². The number of nitrogens with one attached hydrogen (secondary N) is 1. The number of benzene rings is 3. The van der Waals surface area contributed by atoms with Crippen LogP contribution in [0.2, 0.25) is 0 Å². The molecule has 30 heavy (non-hydrogen) atoms. The Hall–Kier alpha value is -4.20. The summed E-state index contributed by atoms with van der Waals surface area (Å²) in [5, 5.41) is 7.41. The van der Waals surface area contributed by atoms with Gasteiger partial charge in [-0.05, 0) is 54.6 Å². The molecule has 0 saturated carbocycles. The van der Waals surface area contributed by atoms with Crippen LogP contribution in [0.15, 0.2) is 74.4 Å². The van der Waals surface area contributed by atoms with Gasteiger partial charge in [0, 0.05) is 18.2 Å². The van der Waals surface area contributed by atoms with E-state index in [1.165, 1.54) is 16.7 Å². The highest BCUT2D eigenvalue weighted by molar-refractivity contribution is 6.09. The highest BCUT2D eigenvalue weighted by atomic mass is 19.1. The minimum absolute atomic E-state index is 0.302. The van der Waals surface area contributed by atoms with Crippen molar-refractivity contribution in [2.24, 2.45) is 7.05 Å². The minimum Gasteiger partial charge on any atom is -0.405 e. The number of oxazole rings is 1. The fraction of sp³-hybridized carbons (Fsp3) is 0.0455. The van der Waals surface area contributed by atoms with Gasteiger partial charge in [-0.15, -0.1) is 0 Å². The molecule has 8 heteroatoms. The Labute approximate surface area is 168 Å². The Morgan fingerprint density at radius 2 is 1.90 bits per heavy atom. The number of carbonyl (C=O) groups excluding carboxylic acids is 1. The second kappa shape index (κ2) is 6.70. The van der Waals surface area contributed by atoms with E-state index < -0.39 is 5.76 Å². The lowest BCUT2D eigenvalue weighted by Gasteiger charge is -2.06. The fourth-order valence-electron chi connectivity index (χ4n) is 3.34. The molecule has 2 heterocycles. The third-order valence-corrected chi connectivity index (χ3v) is 4.91. The Balaban J connectivity index is 1.53. The number of rotatable bonds is 3. The molecule has 5 rings (SSSR count). The van der Waals surface area contributed by atoms with Crippen LogP contribution in [0.4, 0.5) is 10.1 Å². The number of aromatic nitrogens is 2. The summed E-state index contributed by atoms with van der Waals surface area (Å²) in [7, 11) is 1.59. The number of amides is 1. The van der Waals surface area contributed by atoms with Crippen LogP contribution in [0.3, 0.4) is 0 Å². The van der Waals surface area contributed by atoms with Gasteiger partial charge >= 0.3 is 5.76 Å². The molecule has 0 bridgehead atoms. The summed E-state index contributed by atoms with van der Waals surface area (Å²) in [5.41, 5.74) is 2.85. The molecule has 0 unspecified atom stereocenters. The van der Waals surface area contributed by atoms with Gasteiger partial charge in [-0.25, -0.2) is 9.18 Å². The first-order chi connectivity index (χ1) is 14.5. The molecule has 0 saturated heterocycles. The van der Waals surface area contributed by atoms with E-state index in [4.69, 9.17) is 8.94 Å². The zero-order valence-electron chi connectivity index (χ0n) is 15.7. The normalized spacial score (nSPS) is 11.3. The van der Waals surface area contributed by atoms with Crippen LogP contribution in [0, 0.1) is 5.82 Å². The van der Waals surface area contributed by atoms with Crippen LogP contribution in [-0.4, -0.2) is 15.6 Å². The topological polar surface area (TPSA) is 90.3 Å². The number of anilines is 1. The van der Waals surface area contributed by atoms with Crippen LogP contribution in [0.25, 0.3) is 33.3 Å². The largest absolute Gasteiger partial charge is 0.419 e. The predicted molar refractivity (Wildman–Crippen MR) is 109 cm³/mol. The quantitative estimate of drug-likeness (QED) is 0.484. The minimum atomic E-state index is -0.512. The van der Waals surface area contributed by atoms with E-state index in [1.54, 1.807) is 55.6 Å². The first kappa shape index (κ1) is 17.9. The number of fused-ring (bicyclic) bond motifs is 2. The zero-order valence-corrected chi connectivity index (χ0v) is 15.7. The van der Waals surface area contributed by atoms with Crippen molar-refractivity contribution in [3.05, 3.63) is 82.6 Å². The summed E-state index contributed by atoms with van der Waals surface area (Å²) >= 11 is 0. The third-order valence-electron chi connectivity index (χ3n) is 4.91. The molecule has 5 aromatic rings. The SMILES string of the molecule is Cn1c(=O)oc2c(NC(=O)c3ccc4noc(-c5ccc(F)cc5)c4c3)cccc21. The average molecular weight is 403 g/mol. The molecular formula is C22H14FN3O4. The van der Waals surface area contributed by atoms with Gasteiger partial charge in [0.1, 0.15) is 11.3 Å². The van der Waals surface area contributed by atoms with Crippen molar-refractivity contribution in [1.82, 2.24) is 9.72 Å². The van der Waals surface area contributed by atoms with Crippen molar-refractivity contribution in [3.63, 3.8) is 0 Å². The molecule has 3 aromatic carbocycles. The monoisotopic (exact) mass is 403 g/mol. The zero-order chi connectivity index (χ0) is 20.8. The van der Waals surface area contributed by atoms with E-state index in [1.807, 2.05) is 0 Å². The van der Waals surface area contributed by atoms with Crippen molar-refractivity contribution in [1.29, 1.82) is 0 Å². The second-order valence-electron chi connectivity index (χ2n) is 6.79. The summed E-state index contributed by atoms with van der Waals surface area (Å²) in [6.45, 7) is 0. The smallest absolute Gasteiger partial charge is 0.405 e. The van der Waals surface area contributed by atoms with E-state index >= 15 is 0 Å². The van der Waals surface area contributed by atoms with Crippen LogP contribution in [0.1, 0.15) is 10.4 Å². The van der Waals surface area contributed by atoms with E-state index in [2.05, 4.69) is 10.5 Å². The number of para-hydroxylation sites is 1. The van der Waals surface area contributed by atoms with Gasteiger partial charge in [0.05, 0.1) is 16.6 Å². The molecule has 148 valence electrons. The second-order valence-corrected chi connectivity index (χ2v) is 6.79. The molecular weight excluding hydrogens is 389 g/mol. The molecule has 0 aliphatic rings. The molecule has 0 aliphatic carbocycles. The number of halogens is 1. The van der Waals surface area contributed by atoms with Crippen LogP contribution >= 0.6 is 0 Å². The summed E-state index contributed by atoms with van der Waals surface area (Å²) in [6, 6.07) is 15.9. The van der Waals surface area contributed by atoms with E-state index in [0.29, 0.717) is 44.6 Å². The lowest BCUT2D eigenvalue weighted by atomic mass is 10.1. The highest BCUT2D eigenvalue weighted by Crippen LogP contribution is 2.30. The van der Waals surface area contributed by atoms with Gasteiger partial charge in [0.15, 0.2) is 11.3 Å². The van der Waals surface area contributed by atoms with Gasteiger partial charge < -0.3 is 14.3 Å². The number of carbonyl (C=O) groups is 1. The van der Waals surface area contributed by atoms with E-state index in [9.17, 15) is 14.0 Å². The molecule has 0 aliphatic heterocycles. The standard InChI is InChI=1S/C22H14FN3O4/c1-26-18-4-2-3-17(20(18)29-22(26)28)24-21(27)13-7-10-16-15(11-13)19(30-25-16)12-5-8-14(23)9-6-12/h2-11H,1H3,(H,24,27). The maximum Gasteiger partial charge on any atom is 0.419 e. The molecule has 0 spiro atoms. The molecule has 0 atom stereocenters. The molecule has 2 aromatic heterocycles. The Bertz CT molecular complexity index is 1480. The van der Waals surface area contributed by atoms with Crippen molar-refractivity contribution in [3.8, 4) is 11.3 Å². The number of aryl methyl sites for hydroxylation is 1. The molecule has 0 radical (unpaired) electrons. The maximum absolute atomic E-state index is 13.2. The third kappa shape index (κ3) is 2.86. The molecule has 1 amide bonds. The van der Waals surface area contributed by atoms with Crippen molar-refractivity contribution in [2.75, 3.05) is 5.32 Å². The number of hydrogen-bond acceptors (Lipinski definition) is 5. The summed E-state index contributed by atoms with van der Waals surface area (Å²) in [4.78, 5) is 24.7. The lowest BCUT2D eigenvalue weighted by molar-refractivity contribution is 0.102. The highest BCUT2D eigenvalue weighted by Gasteiger charge is 2.16. The Morgan fingerprint density at radius 1 is 1.10 bits per heavy atom. The first-order valence-electron chi connectivity index (χ1n) is 9.06. The van der Waals surface area contributed by atoms with Gasteiger partial charge in [-0.1, -0.05) is 11.2 Å². The number of nitrogens with zero attached hydrogens (tertiary/aromatic N) is 2. The van der Waals surface area contributed by atoms with Crippen LogP contribution in [0.5, 0.6) is 0 Å². The number of hydrogen-bond donors (Lipinski definition) is 1.